The number of phenolic OH excluding ortho intramolecular Hbond substituents is 2. The number of Topliss-reactive ketones (excluding diaryl/α,β-unsaturated/α-hetero) is 1. The van der Waals surface area contributed by atoms with Crippen LogP contribution in [0.1, 0.15) is 97.0 Å². The summed E-state index contributed by atoms with van der Waals surface area (Å²) >= 11 is 0. The van der Waals surface area contributed by atoms with E-state index >= 15 is 0 Å². The summed E-state index contributed by atoms with van der Waals surface area (Å²) in [5, 5.41) is 46.5. The quantitative estimate of drug-likeness (QED) is 0.175. The lowest BCUT2D eigenvalue weighted by Crippen LogP contribution is -2.51. The second-order valence-corrected chi connectivity index (χ2v) is 20.6. The number of ketones is 1. The van der Waals surface area contributed by atoms with Gasteiger partial charge in [0.05, 0.1) is 28.7 Å². The fraction of sp³-hybridized carbons (Fsp3) is 0.556. The lowest BCUT2D eigenvalue weighted by molar-refractivity contribution is -0.112. The second-order valence-electron chi connectivity index (χ2n) is 20.6. The number of ether oxygens (including phenoxy) is 3. The van der Waals surface area contributed by atoms with Crippen molar-refractivity contribution in [1.29, 1.82) is 0 Å². The van der Waals surface area contributed by atoms with Crippen molar-refractivity contribution in [2.45, 2.75) is 112 Å². The van der Waals surface area contributed by atoms with Crippen LogP contribution in [0.2, 0.25) is 0 Å². The maximum Gasteiger partial charge on any atom is 0.410 e. The Balaban J connectivity index is 0.00000366. The molecule has 384 valence electrons. The number of nitrogens with zero attached hydrogens (tertiary/aromatic N) is 6. The lowest BCUT2D eigenvalue weighted by Gasteiger charge is -2.38. The number of aliphatic hydroxyl groups is 2. The molecule has 0 radical (unpaired) electrons. The first-order chi connectivity index (χ1) is 33.8. The highest BCUT2D eigenvalue weighted by atomic mass is 16.7. The number of piperidine rings is 1. The molecule has 5 bridgehead atoms. The molecule has 0 saturated carbocycles. The van der Waals surface area contributed by atoms with Gasteiger partial charge in [-0.3, -0.25) is 19.6 Å². The highest BCUT2D eigenvalue weighted by Crippen LogP contribution is 2.50. The van der Waals surface area contributed by atoms with E-state index in [9.17, 15) is 29.7 Å². The average molecular weight is 980 g/mol. The van der Waals surface area contributed by atoms with E-state index in [-0.39, 0.29) is 67.6 Å². The Morgan fingerprint density at radius 3 is 2.30 bits per heavy atom. The number of rotatable bonds is 4. The molecule has 71 heavy (non-hydrogen) atoms. The molecule has 7 heterocycles. The minimum Gasteiger partial charge on any atom is -0.507 e. The zero-order valence-electron chi connectivity index (χ0n) is 42.9. The molecule has 1 aromatic heterocycles. The van der Waals surface area contributed by atoms with Gasteiger partial charge in [-0.25, -0.2) is 9.78 Å². The number of phenols is 2. The summed E-state index contributed by atoms with van der Waals surface area (Å²) in [6.45, 7) is 21.5. The number of aromatic hydroxyl groups is 2. The molecule has 0 aliphatic carbocycles. The summed E-state index contributed by atoms with van der Waals surface area (Å²) in [5.74, 6) is -3.27. The number of allylic oxidation sites excluding steroid dienone is 4. The summed E-state index contributed by atoms with van der Waals surface area (Å²) in [5.41, 5.74) is -0.321. The number of aliphatic hydroxyl groups excluding tert-OH is 2. The molecule has 4 unspecified atom stereocenters. The summed E-state index contributed by atoms with van der Waals surface area (Å²) in [6.07, 6.45) is 10.5. The minimum atomic E-state index is -1.89. The van der Waals surface area contributed by atoms with Crippen molar-refractivity contribution in [3.05, 3.63) is 82.4 Å². The number of hydrogen-bond donors (Lipinski definition) is 5. The van der Waals surface area contributed by atoms with Crippen molar-refractivity contribution in [1.82, 2.24) is 14.8 Å². The number of anilines is 2. The monoisotopic (exact) mass is 980 g/mol. The standard InChI is InChI=1S/C53H69N7O9.CH4O/c1-30(2)29-58-21-18-53(19-22-58)56-41-38-39-45(62)36(8)48-40(38)49(64)52(9,69-48)67-27-13-16-32(4)47(68-51(66)60-25-23-59(24-26-60)37-17-10-11-20-54-37)35(7)44(61)34(6)28-31(3)14-12-15-33(5)50(65)55-43(46(39)63)42(41)57-53;1-2/h10-15,17,20,27,30-32,34-35,44,47,61-63H,16,18-19,21-26,28-29H2,1-9H3,(H,55,65);2H,1H3/b14-12+,27-13+,33-15-;/t31?,32-,34-,35-,44?,47?,52?;/m1./s1. The van der Waals surface area contributed by atoms with Crippen molar-refractivity contribution in [2.24, 2.45) is 39.6 Å². The number of amides is 2. The first-order valence-corrected chi connectivity index (χ1v) is 25.0. The topological polar surface area (TPSA) is 219 Å². The van der Waals surface area contributed by atoms with Gasteiger partial charge in [0.15, 0.2) is 11.4 Å². The molecule has 5 N–H and O–H groups in total. The highest BCUT2D eigenvalue weighted by molar-refractivity contribution is 6.19. The Morgan fingerprint density at radius 1 is 0.944 bits per heavy atom. The lowest BCUT2D eigenvalue weighted by atomic mass is 9.80. The van der Waals surface area contributed by atoms with E-state index in [1.807, 2.05) is 52.0 Å². The molecule has 2 fully saturated rings. The Kier molecular flexibility index (Phi) is 16.2. The van der Waals surface area contributed by atoms with Gasteiger partial charge >= 0.3 is 11.9 Å². The van der Waals surface area contributed by atoms with E-state index in [0.29, 0.717) is 63.4 Å². The van der Waals surface area contributed by atoms with Crippen LogP contribution in [-0.2, 0) is 14.3 Å². The fourth-order valence-electron chi connectivity index (χ4n) is 10.7. The van der Waals surface area contributed by atoms with Gasteiger partial charge in [-0.1, -0.05) is 65.8 Å². The van der Waals surface area contributed by atoms with E-state index in [2.05, 4.69) is 33.9 Å². The summed E-state index contributed by atoms with van der Waals surface area (Å²) in [7, 11) is 1.00. The molecule has 2 saturated heterocycles. The largest absolute Gasteiger partial charge is 0.507 e. The van der Waals surface area contributed by atoms with Crippen LogP contribution in [0.3, 0.4) is 0 Å². The smallest absolute Gasteiger partial charge is 0.410 e. The maximum absolute atomic E-state index is 14.8. The molecule has 3 aromatic rings. The van der Waals surface area contributed by atoms with Crippen LogP contribution < -0.4 is 25.7 Å². The third-order valence-electron chi connectivity index (χ3n) is 14.7. The molecule has 17 nitrogen and oxygen atoms in total. The van der Waals surface area contributed by atoms with Gasteiger partial charge in [-0.2, -0.15) is 0 Å². The van der Waals surface area contributed by atoms with Crippen molar-refractivity contribution in [3.63, 3.8) is 0 Å². The van der Waals surface area contributed by atoms with Crippen LogP contribution in [0.4, 0.5) is 16.3 Å². The van der Waals surface area contributed by atoms with Crippen LogP contribution in [-0.4, -0.2) is 130 Å². The van der Waals surface area contributed by atoms with E-state index in [1.165, 1.54) is 13.2 Å². The second kappa shape index (κ2) is 21.8. The van der Waals surface area contributed by atoms with Crippen molar-refractivity contribution >= 4 is 40.1 Å². The summed E-state index contributed by atoms with van der Waals surface area (Å²) in [6, 6.07) is 5.76. The van der Waals surface area contributed by atoms with Gasteiger partial charge in [0, 0.05) is 101 Å². The predicted octanol–water partition coefficient (Wildman–Crippen LogP) is 6.55. The van der Waals surface area contributed by atoms with Crippen LogP contribution in [0.25, 0.3) is 10.8 Å². The van der Waals surface area contributed by atoms with Gasteiger partial charge < -0.3 is 54.7 Å². The third-order valence-corrected chi connectivity index (χ3v) is 14.7. The van der Waals surface area contributed by atoms with Crippen LogP contribution in [0.15, 0.2) is 70.5 Å². The molecule has 2 aromatic carbocycles. The van der Waals surface area contributed by atoms with Gasteiger partial charge in [0.25, 0.3) is 11.7 Å². The molecular formula is C54H73N7O10. The number of likely N-dealkylation sites (tertiary alicyclic amines) is 1. The van der Waals surface area contributed by atoms with Crippen molar-refractivity contribution < 1.29 is 49.0 Å². The van der Waals surface area contributed by atoms with E-state index in [1.54, 1.807) is 43.2 Å². The van der Waals surface area contributed by atoms with Crippen molar-refractivity contribution in [3.8, 4) is 17.2 Å². The normalized spacial score (nSPS) is 28.7. The molecule has 1 spiro atoms. The van der Waals surface area contributed by atoms with Crippen LogP contribution in [0, 0.1) is 36.5 Å². The minimum absolute atomic E-state index is 0.00351. The number of carbonyl (C=O) groups is 3. The Morgan fingerprint density at radius 2 is 1.63 bits per heavy atom. The number of benzene rings is 2. The van der Waals surface area contributed by atoms with Crippen molar-refractivity contribution in [2.75, 3.05) is 63.1 Å². The predicted molar refractivity (Wildman–Crippen MR) is 271 cm³/mol. The summed E-state index contributed by atoms with van der Waals surface area (Å²) < 4.78 is 18.9. The first kappa shape index (κ1) is 52.8. The zero-order valence-corrected chi connectivity index (χ0v) is 42.9. The number of carbonyl (C=O) groups excluding carboxylic acids is 3. The number of pyridine rings is 1. The highest BCUT2D eigenvalue weighted by Gasteiger charge is 2.50. The van der Waals surface area contributed by atoms with Gasteiger partial charge in [-0.15, -0.1) is 0 Å². The molecular weight excluding hydrogens is 907 g/mol. The molecule has 17 heteroatoms. The number of fused-ring (bicyclic) bond motifs is 13. The molecule has 6 aliphatic rings. The fourth-order valence-corrected chi connectivity index (χ4v) is 10.7. The molecule has 7 atom stereocenters. The third kappa shape index (κ3) is 10.8. The number of aromatic nitrogens is 1. The first-order valence-electron chi connectivity index (χ1n) is 25.0. The Hall–Kier alpha value is -6.04. The van der Waals surface area contributed by atoms with Gasteiger partial charge in [0.2, 0.25) is 0 Å². The Bertz CT molecular complexity index is 2690. The van der Waals surface area contributed by atoms with Crippen LogP contribution in [0.5, 0.6) is 17.2 Å². The summed E-state index contributed by atoms with van der Waals surface area (Å²) in [4.78, 5) is 63.8. The number of hydrogen-bond acceptors (Lipinski definition) is 15. The number of piperazine rings is 1. The maximum atomic E-state index is 14.8. The van der Waals surface area contributed by atoms with E-state index < -0.39 is 53.1 Å². The zero-order chi connectivity index (χ0) is 51.5. The molecule has 2 amide bonds. The molecule has 6 aliphatic heterocycles. The van der Waals surface area contributed by atoms with E-state index in [0.717, 1.165) is 32.6 Å². The van der Waals surface area contributed by atoms with Gasteiger partial charge in [-0.05, 0) is 68.6 Å². The average Bonchev–Trinajstić information content (AvgIpc) is 3.86. The SMILES string of the molecule is C/C1=C/C=C/C(C)C[C@@H](C)C(O)[C@@H](C)C(OC(=O)N2CCN(c3ccccn3)CC2)[C@H](C)C/C=C/OC2(C)Oc3c(C)c(O)c4c(O)c(c5c(c4c3C2=O)=NC2(CCN(CC(C)C)CC2)N=5)NC1=O.CO. The Labute approximate surface area is 416 Å². The van der Waals surface area contributed by atoms with E-state index in [4.69, 9.17) is 29.3 Å². The molecule has 9 rings (SSSR count). The van der Waals surface area contributed by atoms with Crippen LogP contribution >= 0.6 is 0 Å². The van der Waals surface area contributed by atoms with Gasteiger partial charge in [0.1, 0.15) is 34.5 Å². The number of nitrogens with one attached hydrogen (secondary N) is 1.